The number of rotatable bonds is 6. The molecule has 0 N–H and O–H groups in total. The number of hydrogen-bond donors (Lipinski definition) is 0. The Labute approximate surface area is 170 Å². The Morgan fingerprint density at radius 1 is 1.14 bits per heavy atom. The highest BCUT2D eigenvalue weighted by Gasteiger charge is 2.35. The van der Waals surface area contributed by atoms with E-state index in [0.29, 0.717) is 34.3 Å². The van der Waals surface area contributed by atoms with Crippen LogP contribution in [0.15, 0.2) is 24.3 Å². The van der Waals surface area contributed by atoms with Gasteiger partial charge in [-0.15, -0.1) is 0 Å². The van der Waals surface area contributed by atoms with E-state index >= 15 is 0 Å². The highest BCUT2D eigenvalue weighted by molar-refractivity contribution is 5.99. The van der Waals surface area contributed by atoms with Crippen LogP contribution < -0.4 is 23.7 Å². The van der Waals surface area contributed by atoms with Gasteiger partial charge in [0.25, 0.3) is 0 Å². The predicted molar refractivity (Wildman–Crippen MR) is 107 cm³/mol. The van der Waals surface area contributed by atoms with E-state index in [1.165, 1.54) is 0 Å². The van der Waals surface area contributed by atoms with Gasteiger partial charge >= 0.3 is 0 Å². The summed E-state index contributed by atoms with van der Waals surface area (Å²) < 4.78 is 27.6. The first-order valence-corrected chi connectivity index (χ1v) is 9.52. The summed E-state index contributed by atoms with van der Waals surface area (Å²) in [5.74, 6) is 3.09. The zero-order chi connectivity index (χ0) is 20.5. The Hall–Kier alpha value is -2.93. The number of benzene rings is 2. The van der Waals surface area contributed by atoms with Crippen LogP contribution in [0, 0.1) is 0 Å². The fourth-order valence-electron chi connectivity index (χ4n) is 4.10. The average Bonchev–Trinajstić information content (AvgIpc) is 3.21. The standard InChI is InChI=1S/C22H25NO6/c1-23-8-7-13-9-19-21(29-12-28-19)22(27-4)20(13)16(23)11-17(24)15-10-14(25-2)5-6-18(15)26-3/h5-6,9-10,16H,7-8,11-12H2,1-4H3/t16-/m0/s1. The minimum atomic E-state index is -0.147. The van der Waals surface area contributed by atoms with E-state index in [1.54, 1.807) is 39.5 Å². The van der Waals surface area contributed by atoms with Gasteiger partial charge in [-0.1, -0.05) is 0 Å². The molecule has 29 heavy (non-hydrogen) atoms. The summed E-state index contributed by atoms with van der Waals surface area (Å²) in [6.45, 7) is 1.01. The van der Waals surface area contributed by atoms with Crippen molar-refractivity contribution < 1.29 is 28.5 Å². The molecular weight excluding hydrogens is 374 g/mol. The smallest absolute Gasteiger partial charge is 0.231 e. The van der Waals surface area contributed by atoms with E-state index in [0.717, 1.165) is 24.1 Å². The lowest BCUT2D eigenvalue weighted by atomic mass is 9.87. The van der Waals surface area contributed by atoms with Gasteiger partial charge in [0.2, 0.25) is 12.5 Å². The third-order valence-corrected chi connectivity index (χ3v) is 5.63. The molecule has 2 aliphatic rings. The Kier molecular flexibility index (Phi) is 5.24. The quantitative estimate of drug-likeness (QED) is 0.691. The Morgan fingerprint density at radius 3 is 2.69 bits per heavy atom. The molecule has 0 spiro atoms. The van der Waals surface area contributed by atoms with Crippen molar-refractivity contribution in [3.05, 3.63) is 41.0 Å². The van der Waals surface area contributed by atoms with Gasteiger partial charge in [0.15, 0.2) is 17.3 Å². The maximum atomic E-state index is 13.3. The zero-order valence-electron chi connectivity index (χ0n) is 17.1. The molecule has 1 atom stereocenters. The molecule has 0 saturated heterocycles. The van der Waals surface area contributed by atoms with Gasteiger partial charge in [0.1, 0.15) is 11.5 Å². The van der Waals surface area contributed by atoms with Gasteiger partial charge < -0.3 is 23.7 Å². The fourth-order valence-corrected chi connectivity index (χ4v) is 4.10. The summed E-state index contributed by atoms with van der Waals surface area (Å²) in [6, 6.07) is 7.12. The van der Waals surface area contributed by atoms with Gasteiger partial charge in [0.05, 0.1) is 26.9 Å². The third kappa shape index (κ3) is 3.35. The van der Waals surface area contributed by atoms with E-state index in [2.05, 4.69) is 4.90 Å². The van der Waals surface area contributed by atoms with E-state index in [9.17, 15) is 4.79 Å². The molecule has 0 aromatic heterocycles. The monoisotopic (exact) mass is 399 g/mol. The van der Waals surface area contributed by atoms with Crippen molar-refractivity contribution in [3.8, 4) is 28.7 Å². The predicted octanol–water partition coefficient (Wildman–Crippen LogP) is 3.24. The minimum absolute atomic E-state index is 0.0230. The van der Waals surface area contributed by atoms with Crippen LogP contribution in [0.3, 0.4) is 0 Å². The molecule has 0 bridgehead atoms. The summed E-state index contributed by atoms with van der Waals surface area (Å²) in [4.78, 5) is 15.5. The highest BCUT2D eigenvalue weighted by atomic mass is 16.7. The average molecular weight is 399 g/mol. The van der Waals surface area contributed by atoms with Crippen molar-refractivity contribution in [3.63, 3.8) is 0 Å². The number of ether oxygens (including phenoxy) is 5. The lowest BCUT2D eigenvalue weighted by Gasteiger charge is -2.35. The van der Waals surface area contributed by atoms with E-state index in [-0.39, 0.29) is 25.0 Å². The van der Waals surface area contributed by atoms with Gasteiger partial charge in [-0.2, -0.15) is 0 Å². The van der Waals surface area contributed by atoms with E-state index in [1.807, 2.05) is 13.1 Å². The molecule has 2 heterocycles. The van der Waals surface area contributed by atoms with Crippen LogP contribution in [0.5, 0.6) is 28.7 Å². The molecule has 154 valence electrons. The number of hydrogen-bond acceptors (Lipinski definition) is 7. The lowest BCUT2D eigenvalue weighted by molar-refractivity contribution is 0.0922. The molecule has 0 unspecified atom stereocenters. The normalized spacial score (nSPS) is 17.6. The number of methoxy groups -OCH3 is 3. The molecule has 7 heteroatoms. The van der Waals surface area contributed by atoms with E-state index < -0.39 is 0 Å². The second-order valence-electron chi connectivity index (χ2n) is 7.16. The molecular formula is C22H25NO6. The second-order valence-corrected chi connectivity index (χ2v) is 7.16. The van der Waals surface area contributed by atoms with Crippen molar-refractivity contribution in [1.29, 1.82) is 0 Å². The first-order chi connectivity index (χ1) is 14.1. The number of carbonyl (C=O) groups is 1. The summed E-state index contributed by atoms with van der Waals surface area (Å²) in [6.07, 6.45) is 1.13. The molecule has 0 aliphatic carbocycles. The largest absolute Gasteiger partial charge is 0.497 e. The number of likely N-dealkylation sites (N-methyl/N-ethyl adjacent to an activating group) is 1. The lowest BCUT2D eigenvalue weighted by Crippen LogP contribution is -2.34. The van der Waals surface area contributed by atoms with Crippen LogP contribution in [0.4, 0.5) is 0 Å². The van der Waals surface area contributed by atoms with Crippen LogP contribution in [0.1, 0.15) is 33.9 Å². The van der Waals surface area contributed by atoms with Gasteiger partial charge in [-0.3, -0.25) is 9.69 Å². The number of carbonyl (C=O) groups excluding carboxylic acids is 1. The zero-order valence-corrected chi connectivity index (χ0v) is 17.1. The van der Waals surface area contributed by atoms with E-state index in [4.69, 9.17) is 23.7 Å². The van der Waals surface area contributed by atoms with Crippen LogP contribution in [-0.2, 0) is 6.42 Å². The van der Waals surface area contributed by atoms with Gasteiger partial charge in [-0.25, -0.2) is 0 Å². The molecule has 0 fully saturated rings. The SMILES string of the molecule is COc1ccc(OC)c(C(=O)C[C@H]2c3c(cc4c(c3OC)OCO4)CCN2C)c1. The van der Waals surface area contributed by atoms with Crippen LogP contribution >= 0.6 is 0 Å². The second kappa shape index (κ2) is 7.83. The van der Waals surface area contributed by atoms with Crippen molar-refractivity contribution in [2.45, 2.75) is 18.9 Å². The topological polar surface area (TPSA) is 66.5 Å². The van der Waals surface area contributed by atoms with Crippen molar-refractivity contribution >= 4 is 5.78 Å². The number of Topliss-reactive ketones (excluding diaryl/α,β-unsaturated/α-hetero) is 1. The summed E-state index contributed by atoms with van der Waals surface area (Å²) in [7, 11) is 6.78. The maximum Gasteiger partial charge on any atom is 0.231 e. The Bertz CT molecular complexity index is 941. The molecule has 7 nitrogen and oxygen atoms in total. The fraction of sp³-hybridized carbons (Fsp3) is 0.409. The maximum absolute atomic E-state index is 13.3. The number of fused-ring (bicyclic) bond motifs is 2. The van der Waals surface area contributed by atoms with Crippen molar-refractivity contribution in [1.82, 2.24) is 4.90 Å². The molecule has 0 amide bonds. The highest BCUT2D eigenvalue weighted by Crippen LogP contribution is 2.50. The summed E-state index contributed by atoms with van der Waals surface area (Å²) >= 11 is 0. The number of ketones is 1. The first-order valence-electron chi connectivity index (χ1n) is 9.52. The molecule has 4 rings (SSSR count). The molecule has 0 saturated carbocycles. The summed E-state index contributed by atoms with van der Waals surface area (Å²) in [5.41, 5.74) is 2.62. The van der Waals surface area contributed by atoms with Crippen LogP contribution in [0.2, 0.25) is 0 Å². The first kappa shape index (κ1) is 19.4. The molecule has 2 aliphatic heterocycles. The Balaban J connectivity index is 1.73. The molecule has 0 radical (unpaired) electrons. The van der Waals surface area contributed by atoms with Gasteiger partial charge in [-0.05, 0) is 43.3 Å². The Morgan fingerprint density at radius 2 is 1.97 bits per heavy atom. The van der Waals surface area contributed by atoms with Crippen molar-refractivity contribution in [2.75, 3.05) is 41.7 Å². The van der Waals surface area contributed by atoms with Crippen molar-refractivity contribution in [2.24, 2.45) is 0 Å². The minimum Gasteiger partial charge on any atom is -0.497 e. The molecule has 2 aromatic rings. The summed E-state index contributed by atoms with van der Waals surface area (Å²) in [5, 5.41) is 0. The number of nitrogens with zero attached hydrogens (tertiary/aromatic N) is 1. The van der Waals surface area contributed by atoms with Gasteiger partial charge in [0, 0.05) is 24.6 Å². The van der Waals surface area contributed by atoms with Crippen LogP contribution in [-0.4, -0.2) is 52.4 Å². The molecule has 2 aromatic carbocycles. The third-order valence-electron chi connectivity index (χ3n) is 5.63. The van der Waals surface area contributed by atoms with Crippen LogP contribution in [0.25, 0.3) is 0 Å².